The molecule has 0 atom stereocenters. The van der Waals surface area contributed by atoms with E-state index in [9.17, 15) is 4.39 Å². The van der Waals surface area contributed by atoms with Gasteiger partial charge in [-0.2, -0.15) is 0 Å². The summed E-state index contributed by atoms with van der Waals surface area (Å²) in [7, 11) is 0. The Morgan fingerprint density at radius 1 is 1.67 bits per heavy atom. The first-order valence-electron chi connectivity index (χ1n) is 3.30. The standard InChI is InChI=1S/C8H11F/c1-3-7-4-5-8(9)6(7)2/h4H,3,5H2,1-2H3. The fraction of sp³-hybridized carbons (Fsp3) is 0.500. The molecule has 0 spiro atoms. The lowest BCUT2D eigenvalue weighted by Gasteiger charge is -1.96. The van der Waals surface area contributed by atoms with E-state index in [4.69, 9.17) is 0 Å². The Kier molecular flexibility index (Phi) is 1.70. The van der Waals surface area contributed by atoms with Crippen LogP contribution in [0.15, 0.2) is 23.0 Å². The Morgan fingerprint density at radius 2 is 2.33 bits per heavy atom. The normalized spacial score (nSPS) is 18.8. The molecule has 0 aromatic carbocycles. The second-order valence-electron chi connectivity index (χ2n) is 2.32. The van der Waals surface area contributed by atoms with Gasteiger partial charge in [0.05, 0.1) is 0 Å². The van der Waals surface area contributed by atoms with Crippen LogP contribution in [0.4, 0.5) is 4.39 Å². The average Bonchev–Trinajstić information content (AvgIpc) is 2.15. The topological polar surface area (TPSA) is 0 Å². The van der Waals surface area contributed by atoms with E-state index in [-0.39, 0.29) is 5.83 Å². The fourth-order valence-electron chi connectivity index (χ4n) is 1.10. The van der Waals surface area contributed by atoms with E-state index in [1.165, 1.54) is 5.57 Å². The molecule has 9 heavy (non-hydrogen) atoms. The highest BCUT2D eigenvalue weighted by molar-refractivity contribution is 5.37. The van der Waals surface area contributed by atoms with Gasteiger partial charge in [-0.15, -0.1) is 0 Å². The Bertz CT molecular complexity index is 175. The Hall–Kier alpha value is -0.590. The molecule has 0 heterocycles. The number of allylic oxidation sites excluding steroid dienone is 4. The van der Waals surface area contributed by atoms with Gasteiger partial charge in [0, 0.05) is 6.42 Å². The molecule has 0 bridgehead atoms. The number of hydrogen-bond donors (Lipinski definition) is 0. The molecule has 0 radical (unpaired) electrons. The molecule has 0 aromatic heterocycles. The molecular weight excluding hydrogens is 115 g/mol. The van der Waals surface area contributed by atoms with Gasteiger partial charge in [0.1, 0.15) is 5.83 Å². The first-order chi connectivity index (χ1) is 4.25. The lowest BCUT2D eigenvalue weighted by Crippen LogP contribution is -1.77. The molecule has 1 heteroatoms. The fourth-order valence-corrected chi connectivity index (χ4v) is 1.10. The predicted octanol–water partition coefficient (Wildman–Crippen LogP) is 2.97. The summed E-state index contributed by atoms with van der Waals surface area (Å²) in [5.41, 5.74) is 2.03. The molecule has 0 saturated heterocycles. The van der Waals surface area contributed by atoms with Gasteiger partial charge < -0.3 is 0 Å². The van der Waals surface area contributed by atoms with Crippen LogP contribution in [0.1, 0.15) is 26.7 Å². The van der Waals surface area contributed by atoms with E-state index in [2.05, 4.69) is 0 Å². The maximum absolute atomic E-state index is 12.6. The van der Waals surface area contributed by atoms with Crippen molar-refractivity contribution in [1.82, 2.24) is 0 Å². The summed E-state index contributed by atoms with van der Waals surface area (Å²) in [6.45, 7) is 3.89. The molecule has 0 fully saturated rings. The van der Waals surface area contributed by atoms with Crippen LogP contribution in [-0.4, -0.2) is 0 Å². The minimum absolute atomic E-state index is 0.0480. The largest absolute Gasteiger partial charge is 0.211 e. The molecule has 50 valence electrons. The van der Waals surface area contributed by atoms with E-state index in [0.29, 0.717) is 6.42 Å². The summed E-state index contributed by atoms with van der Waals surface area (Å²) in [6, 6.07) is 0. The molecule has 0 amide bonds. The second-order valence-corrected chi connectivity index (χ2v) is 2.32. The van der Waals surface area contributed by atoms with Gasteiger partial charge in [-0.3, -0.25) is 0 Å². The molecule has 0 nitrogen and oxygen atoms in total. The van der Waals surface area contributed by atoms with E-state index < -0.39 is 0 Å². The molecule has 0 aliphatic heterocycles. The highest BCUT2D eigenvalue weighted by Crippen LogP contribution is 2.28. The number of halogens is 1. The van der Waals surface area contributed by atoms with Crippen LogP contribution in [0.5, 0.6) is 0 Å². The van der Waals surface area contributed by atoms with Crippen molar-refractivity contribution in [1.29, 1.82) is 0 Å². The molecule has 1 aliphatic rings. The van der Waals surface area contributed by atoms with E-state index in [1.54, 1.807) is 0 Å². The molecular formula is C8H11F. The van der Waals surface area contributed by atoms with Crippen molar-refractivity contribution >= 4 is 0 Å². The van der Waals surface area contributed by atoms with Crippen LogP contribution in [0.3, 0.4) is 0 Å². The van der Waals surface area contributed by atoms with Crippen LogP contribution < -0.4 is 0 Å². The minimum atomic E-state index is 0.0480. The zero-order valence-electron chi connectivity index (χ0n) is 5.87. The Morgan fingerprint density at radius 3 is 2.56 bits per heavy atom. The van der Waals surface area contributed by atoms with Crippen LogP contribution >= 0.6 is 0 Å². The van der Waals surface area contributed by atoms with E-state index in [1.807, 2.05) is 19.9 Å². The molecule has 0 unspecified atom stereocenters. The second kappa shape index (κ2) is 2.34. The monoisotopic (exact) mass is 126 g/mol. The van der Waals surface area contributed by atoms with Crippen LogP contribution in [0.25, 0.3) is 0 Å². The molecule has 1 rings (SSSR count). The molecule has 1 aliphatic carbocycles. The summed E-state index contributed by atoms with van der Waals surface area (Å²) < 4.78 is 12.6. The van der Waals surface area contributed by atoms with Gasteiger partial charge in [-0.25, -0.2) is 4.39 Å². The zero-order valence-corrected chi connectivity index (χ0v) is 5.87. The van der Waals surface area contributed by atoms with Crippen molar-refractivity contribution < 1.29 is 4.39 Å². The van der Waals surface area contributed by atoms with E-state index in [0.717, 1.165) is 12.0 Å². The third kappa shape index (κ3) is 1.04. The summed E-state index contributed by atoms with van der Waals surface area (Å²) >= 11 is 0. The Balaban J connectivity index is 2.79. The zero-order chi connectivity index (χ0) is 6.85. The SMILES string of the molecule is CCC1=CCC(F)=C1C. The first-order valence-corrected chi connectivity index (χ1v) is 3.30. The quantitative estimate of drug-likeness (QED) is 0.506. The summed E-state index contributed by atoms with van der Waals surface area (Å²) in [5, 5.41) is 0. The Labute approximate surface area is 55.1 Å². The molecule has 0 N–H and O–H groups in total. The summed E-state index contributed by atoms with van der Waals surface area (Å²) in [5.74, 6) is 0.0480. The lowest BCUT2D eigenvalue weighted by molar-refractivity contribution is 0.615. The maximum atomic E-state index is 12.6. The third-order valence-corrected chi connectivity index (χ3v) is 1.80. The van der Waals surface area contributed by atoms with Crippen LogP contribution in [0.2, 0.25) is 0 Å². The van der Waals surface area contributed by atoms with Crippen molar-refractivity contribution in [3.8, 4) is 0 Å². The van der Waals surface area contributed by atoms with Crippen LogP contribution in [-0.2, 0) is 0 Å². The van der Waals surface area contributed by atoms with Gasteiger partial charge in [-0.1, -0.05) is 13.0 Å². The lowest BCUT2D eigenvalue weighted by atomic mass is 10.1. The number of hydrogen-bond acceptors (Lipinski definition) is 0. The van der Waals surface area contributed by atoms with Crippen molar-refractivity contribution in [2.45, 2.75) is 26.7 Å². The average molecular weight is 126 g/mol. The van der Waals surface area contributed by atoms with Gasteiger partial charge in [0.15, 0.2) is 0 Å². The van der Waals surface area contributed by atoms with Gasteiger partial charge in [-0.05, 0) is 24.5 Å². The van der Waals surface area contributed by atoms with E-state index >= 15 is 0 Å². The van der Waals surface area contributed by atoms with Crippen LogP contribution in [0, 0.1) is 0 Å². The third-order valence-electron chi connectivity index (χ3n) is 1.80. The number of rotatable bonds is 1. The smallest absolute Gasteiger partial charge is 0.107 e. The molecule has 0 saturated carbocycles. The van der Waals surface area contributed by atoms with Crippen molar-refractivity contribution in [2.24, 2.45) is 0 Å². The highest BCUT2D eigenvalue weighted by Gasteiger charge is 2.10. The minimum Gasteiger partial charge on any atom is -0.211 e. The molecule has 0 aromatic rings. The predicted molar refractivity (Wildman–Crippen MR) is 36.8 cm³/mol. The van der Waals surface area contributed by atoms with Crippen molar-refractivity contribution in [3.05, 3.63) is 23.0 Å². The van der Waals surface area contributed by atoms with Gasteiger partial charge in [0.2, 0.25) is 0 Å². The highest BCUT2D eigenvalue weighted by atomic mass is 19.1. The summed E-state index contributed by atoms with van der Waals surface area (Å²) in [6.07, 6.45) is 3.44. The summed E-state index contributed by atoms with van der Waals surface area (Å²) in [4.78, 5) is 0. The van der Waals surface area contributed by atoms with Gasteiger partial charge >= 0.3 is 0 Å². The maximum Gasteiger partial charge on any atom is 0.107 e. The van der Waals surface area contributed by atoms with Crippen molar-refractivity contribution in [3.63, 3.8) is 0 Å². The first kappa shape index (κ1) is 6.53. The van der Waals surface area contributed by atoms with Crippen molar-refractivity contribution in [2.75, 3.05) is 0 Å². The van der Waals surface area contributed by atoms with Gasteiger partial charge in [0.25, 0.3) is 0 Å².